The van der Waals surface area contributed by atoms with Gasteiger partial charge in [0.25, 0.3) is 5.91 Å². The van der Waals surface area contributed by atoms with Crippen LogP contribution in [0, 0.1) is 25.2 Å². The van der Waals surface area contributed by atoms with Gasteiger partial charge >= 0.3 is 5.97 Å². The first-order chi connectivity index (χ1) is 13.9. The second kappa shape index (κ2) is 9.23. The van der Waals surface area contributed by atoms with Crippen LogP contribution in [0.3, 0.4) is 0 Å². The molecule has 0 radical (unpaired) electrons. The van der Waals surface area contributed by atoms with Crippen molar-refractivity contribution in [1.29, 1.82) is 5.26 Å². The monoisotopic (exact) mass is 415 g/mol. The molecule has 0 bridgehead atoms. The lowest BCUT2D eigenvalue weighted by molar-refractivity contribution is -0.153. The second-order valence-electron chi connectivity index (χ2n) is 7.30. The Balaban J connectivity index is 1.58. The number of hydrogen-bond acceptors (Lipinski definition) is 7. The number of ether oxygens (including phenoxy) is 1. The molecule has 2 heterocycles. The molecule has 8 heteroatoms. The van der Waals surface area contributed by atoms with Crippen molar-refractivity contribution in [3.05, 3.63) is 33.0 Å². The Bertz CT molecular complexity index is 935. The molecule has 0 aromatic carbocycles. The number of thiophene rings is 1. The van der Waals surface area contributed by atoms with E-state index in [9.17, 15) is 14.9 Å². The molecule has 1 aliphatic carbocycles. The van der Waals surface area contributed by atoms with Crippen LogP contribution in [-0.4, -0.2) is 23.1 Å². The van der Waals surface area contributed by atoms with Gasteiger partial charge < -0.3 is 14.6 Å². The third-order valence-corrected chi connectivity index (χ3v) is 6.41. The average molecular weight is 416 g/mol. The van der Waals surface area contributed by atoms with E-state index in [1.165, 1.54) is 23.1 Å². The quantitative estimate of drug-likeness (QED) is 0.565. The summed E-state index contributed by atoms with van der Waals surface area (Å²) in [5.41, 5.74) is 3.26. The van der Waals surface area contributed by atoms with Gasteiger partial charge in [-0.2, -0.15) is 5.26 Å². The van der Waals surface area contributed by atoms with Crippen molar-refractivity contribution >= 4 is 28.2 Å². The Morgan fingerprint density at radius 2 is 2.07 bits per heavy atom. The normalized spacial score (nSPS) is 14.4. The average Bonchev–Trinajstić information content (AvgIpc) is 3.08. The predicted molar refractivity (Wildman–Crippen MR) is 109 cm³/mol. The number of nitrogens with zero attached hydrogens (tertiary/aromatic N) is 2. The summed E-state index contributed by atoms with van der Waals surface area (Å²) in [6.45, 7) is 5.16. The van der Waals surface area contributed by atoms with E-state index in [4.69, 9.17) is 9.26 Å². The molecule has 29 heavy (non-hydrogen) atoms. The minimum absolute atomic E-state index is 0.136. The van der Waals surface area contributed by atoms with Gasteiger partial charge in [-0.05, 0) is 58.4 Å². The zero-order chi connectivity index (χ0) is 21.0. The number of anilines is 1. The maximum absolute atomic E-state index is 12.5. The molecule has 1 amide bonds. The number of nitriles is 1. The van der Waals surface area contributed by atoms with Crippen molar-refractivity contribution in [2.75, 3.05) is 5.32 Å². The summed E-state index contributed by atoms with van der Waals surface area (Å²) >= 11 is 1.46. The van der Waals surface area contributed by atoms with Gasteiger partial charge in [-0.3, -0.25) is 9.59 Å². The number of fused-ring (bicyclic) bond motifs is 1. The minimum Gasteiger partial charge on any atom is -0.453 e. The third-order valence-electron chi connectivity index (χ3n) is 5.21. The first-order valence-corrected chi connectivity index (χ1v) is 10.7. The molecular weight excluding hydrogens is 390 g/mol. The van der Waals surface area contributed by atoms with Crippen molar-refractivity contribution in [2.45, 2.75) is 71.8 Å². The number of aromatic nitrogens is 1. The minimum atomic E-state index is -0.944. The zero-order valence-corrected chi connectivity index (χ0v) is 17.8. The summed E-state index contributed by atoms with van der Waals surface area (Å²) in [5.74, 6) is -0.207. The highest BCUT2D eigenvalue weighted by Crippen LogP contribution is 2.37. The molecule has 3 rings (SSSR count). The Morgan fingerprint density at radius 1 is 1.31 bits per heavy atom. The summed E-state index contributed by atoms with van der Waals surface area (Å²) in [4.78, 5) is 25.8. The first-order valence-electron chi connectivity index (χ1n) is 9.87. The number of nitrogens with one attached hydrogen (secondary N) is 1. The number of rotatable bonds is 6. The smallest absolute Gasteiger partial charge is 0.306 e. The van der Waals surface area contributed by atoms with E-state index in [2.05, 4.69) is 16.5 Å². The lowest BCUT2D eigenvalue weighted by atomic mass is 10.1. The lowest BCUT2D eigenvalue weighted by Gasteiger charge is -2.13. The fourth-order valence-electron chi connectivity index (χ4n) is 3.56. The van der Waals surface area contributed by atoms with E-state index < -0.39 is 18.0 Å². The highest BCUT2D eigenvalue weighted by atomic mass is 32.1. The number of hydrogen-bond donors (Lipinski definition) is 1. The fourth-order valence-corrected chi connectivity index (χ4v) is 4.80. The van der Waals surface area contributed by atoms with Crippen LogP contribution in [0.2, 0.25) is 0 Å². The molecule has 0 unspecified atom stereocenters. The summed E-state index contributed by atoms with van der Waals surface area (Å²) in [7, 11) is 0. The number of carbonyl (C=O) groups is 2. The van der Waals surface area contributed by atoms with Crippen LogP contribution in [0.15, 0.2) is 4.52 Å². The lowest BCUT2D eigenvalue weighted by Crippen LogP contribution is -2.30. The van der Waals surface area contributed by atoms with Crippen LogP contribution in [0.5, 0.6) is 0 Å². The van der Waals surface area contributed by atoms with E-state index in [1.54, 1.807) is 6.92 Å². The maximum atomic E-state index is 12.5. The van der Waals surface area contributed by atoms with Gasteiger partial charge in [0.15, 0.2) is 6.10 Å². The molecule has 0 saturated heterocycles. The number of esters is 1. The Hall–Kier alpha value is -2.66. The van der Waals surface area contributed by atoms with Crippen molar-refractivity contribution in [3.63, 3.8) is 0 Å². The van der Waals surface area contributed by atoms with Crippen molar-refractivity contribution in [1.82, 2.24) is 5.16 Å². The van der Waals surface area contributed by atoms with Crippen molar-refractivity contribution < 1.29 is 18.8 Å². The predicted octanol–water partition coefficient (Wildman–Crippen LogP) is 4.00. The van der Waals surface area contributed by atoms with Gasteiger partial charge in [-0.1, -0.05) is 11.6 Å². The fraction of sp³-hybridized carbons (Fsp3) is 0.524. The topological polar surface area (TPSA) is 105 Å². The van der Waals surface area contributed by atoms with Gasteiger partial charge in [0.1, 0.15) is 16.8 Å². The standard InChI is InChI=1S/C21H25N3O4S/c1-12-15(13(2)28-24-12)9-10-19(25)27-14(3)20(26)23-21-17(11-22)16-7-5-4-6-8-18(16)29-21/h14H,4-10H2,1-3H3,(H,23,26)/t14-/m0/s1. The van der Waals surface area contributed by atoms with E-state index in [0.29, 0.717) is 22.7 Å². The van der Waals surface area contributed by atoms with Crippen LogP contribution in [0.1, 0.15) is 65.6 Å². The second-order valence-corrected chi connectivity index (χ2v) is 8.41. The zero-order valence-electron chi connectivity index (χ0n) is 17.0. The Morgan fingerprint density at radius 3 is 2.76 bits per heavy atom. The molecule has 2 aromatic heterocycles. The highest BCUT2D eigenvalue weighted by molar-refractivity contribution is 7.16. The van der Waals surface area contributed by atoms with Crippen LogP contribution in [0.25, 0.3) is 0 Å². The van der Waals surface area contributed by atoms with Crippen LogP contribution in [-0.2, 0) is 33.6 Å². The molecule has 0 saturated carbocycles. The molecule has 7 nitrogen and oxygen atoms in total. The van der Waals surface area contributed by atoms with Gasteiger partial charge in [0.05, 0.1) is 11.3 Å². The molecular formula is C21H25N3O4S. The van der Waals surface area contributed by atoms with Crippen LogP contribution >= 0.6 is 11.3 Å². The van der Waals surface area contributed by atoms with Gasteiger partial charge in [-0.15, -0.1) is 11.3 Å². The summed E-state index contributed by atoms with van der Waals surface area (Å²) in [6, 6.07) is 2.24. The van der Waals surface area contributed by atoms with E-state index in [-0.39, 0.29) is 6.42 Å². The molecule has 0 aliphatic heterocycles. The van der Waals surface area contributed by atoms with E-state index >= 15 is 0 Å². The van der Waals surface area contributed by atoms with Gasteiger partial charge in [-0.25, -0.2) is 0 Å². The molecule has 0 fully saturated rings. The maximum Gasteiger partial charge on any atom is 0.306 e. The van der Waals surface area contributed by atoms with E-state index in [0.717, 1.165) is 48.9 Å². The van der Waals surface area contributed by atoms with Gasteiger partial charge in [0.2, 0.25) is 0 Å². The molecule has 1 aliphatic rings. The molecule has 1 N–H and O–H groups in total. The SMILES string of the molecule is Cc1noc(C)c1CCC(=O)O[C@@H](C)C(=O)Nc1sc2c(c1C#N)CCCCC2. The molecule has 154 valence electrons. The highest BCUT2D eigenvalue weighted by Gasteiger charge is 2.24. The van der Waals surface area contributed by atoms with Gasteiger partial charge in [0, 0.05) is 16.9 Å². The largest absolute Gasteiger partial charge is 0.453 e. The third kappa shape index (κ3) is 4.85. The number of carbonyl (C=O) groups excluding carboxylic acids is 2. The van der Waals surface area contributed by atoms with Crippen LogP contribution < -0.4 is 5.32 Å². The van der Waals surface area contributed by atoms with Crippen LogP contribution in [0.4, 0.5) is 5.00 Å². The van der Waals surface area contributed by atoms with Crippen molar-refractivity contribution in [2.24, 2.45) is 0 Å². The molecule has 1 atom stereocenters. The molecule has 0 spiro atoms. The summed E-state index contributed by atoms with van der Waals surface area (Å²) in [6.07, 6.45) is 4.78. The summed E-state index contributed by atoms with van der Waals surface area (Å²) in [5, 5.41) is 16.8. The van der Waals surface area contributed by atoms with E-state index in [1.807, 2.05) is 6.92 Å². The summed E-state index contributed by atoms with van der Waals surface area (Å²) < 4.78 is 10.4. The number of aryl methyl sites for hydroxylation is 3. The number of amides is 1. The Kier molecular flexibility index (Phi) is 6.70. The Labute approximate surface area is 174 Å². The molecule has 2 aromatic rings. The van der Waals surface area contributed by atoms with Crippen molar-refractivity contribution in [3.8, 4) is 6.07 Å². The first kappa shape index (κ1) is 21.1.